The lowest BCUT2D eigenvalue weighted by atomic mass is 9.88. The summed E-state index contributed by atoms with van der Waals surface area (Å²) in [6.07, 6.45) is -0.158. The zero-order chi connectivity index (χ0) is 7.40. The van der Waals surface area contributed by atoms with Crippen LogP contribution < -0.4 is 0 Å². The van der Waals surface area contributed by atoms with Gasteiger partial charge in [0.25, 0.3) is 0 Å². The molecule has 1 aromatic rings. The number of benzene rings is 1. The van der Waals surface area contributed by atoms with Gasteiger partial charge in [0.1, 0.15) is 0 Å². The van der Waals surface area contributed by atoms with Crippen LogP contribution in [-0.4, -0.2) is 7.27 Å². The summed E-state index contributed by atoms with van der Waals surface area (Å²) >= 11 is 0. The Labute approximate surface area is 59.0 Å². The van der Waals surface area contributed by atoms with E-state index in [0.717, 1.165) is 0 Å². The van der Waals surface area contributed by atoms with Crippen LogP contribution in [0, 0.1) is 6.07 Å². The largest absolute Gasteiger partial charge is 0.542 e. The molecule has 1 aromatic carbocycles. The highest BCUT2D eigenvalue weighted by Crippen LogP contribution is 2.02. The molecular weight excluding hydrogens is 133 g/mol. The molecule has 0 nitrogen and oxygen atoms in total. The lowest BCUT2D eigenvalue weighted by molar-refractivity contribution is 0.654. The van der Waals surface area contributed by atoms with Gasteiger partial charge in [-0.25, -0.2) is 0 Å². The van der Waals surface area contributed by atoms with E-state index in [0.29, 0.717) is 5.56 Å². The minimum Gasteiger partial charge on any atom is -0.287 e. The highest BCUT2D eigenvalue weighted by atomic mass is 19.2. The topological polar surface area (TPSA) is 0 Å². The summed E-state index contributed by atoms with van der Waals surface area (Å²) in [6, 6.07) is 9.32. The lowest BCUT2D eigenvalue weighted by Crippen LogP contribution is -2.01. The van der Waals surface area contributed by atoms with Crippen molar-refractivity contribution in [2.24, 2.45) is 0 Å². The van der Waals surface area contributed by atoms with Crippen LogP contribution in [0.3, 0.4) is 0 Å². The maximum Gasteiger partial charge on any atom is 0.542 e. The first-order valence-electron chi connectivity index (χ1n) is 3.02. The van der Waals surface area contributed by atoms with Gasteiger partial charge in [-0.3, -0.25) is 8.63 Å². The van der Waals surface area contributed by atoms with Crippen molar-refractivity contribution in [2.75, 3.05) is 0 Å². The van der Waals surface area contributed by atoms with Crippen LogP contribution in [0.2, 0.25) is 0 Å². The van der Waals surface area contributed by atoms with E-state index in [1.54, 1.807) is 24.3 Å². The predicted molar refractivity (Wildman–Crippen MR) is 37.0 cm³/mol. The van der Waals surface area contributed by atoms with Gasteiger partial charge in [0, 0.05) is 6.32 Å². The van der Waals surface area contributed by atoms with Gasteiger partial charge in [-0.2, -0.15) is 0 Å². The van der Waals surface area contributed by atoms with E-state index >= 15 is 0 Å². The third-order valence-corrected chi connectivity index (χ3v) is 1.18. The number of rotatable bonds is 2. The van der Waals surface area contributed by atoms with Crippen LogP contribution in [-0.2, 0) is 6.32 Å². The van der Waals surface area contributed by atoms with E-state index in [9.17, 15) is 8.63 Å². The molecule has 0 heterocycles. The summed E-state index contributed by atoms with van der Waals surface area (Å²) in [5, 5.41) is 0. The standard InChI is InChI=1S/C7H6BF2/c9-8(10)6-7-4-2-1-3-5-7/h2-5H,6H2. The number of halogens is 2. The average molecular weight is 139 g/mol. The monoisotopic (exact) mass is 139 g/mol. The van der Waals surface area contributed by atoms with E-state index < -0.39 is 7.27 Å². The van der Waals surface area contributed by atoms with Gasteiger partial charge >= 0.3 is 7.27 Å². The van der Waals surface area contributed by atoms with Gasteiger partial charge in [0.15, 0.2) is 0 Å². The van der Waals surface area contributed by atoms with E-state index in [2.05, 4.69) is 6.07 Å². The maximum absolute atomic E-state index is 11.7. The second-order valence-corrected chi connectivity index (χ2v) is 2.00. The maximum atomic E-state index is 11.7. The summed E-state index contributed by atoms with van der Waals surface area (Å²) in [4.78, 5) is 0. The highest BCUT2D eigenvalue weighted by molar-refractivity contribution is 6.42. The lowest BCUT2D eigenvalue weighted by Gasteiger charge is -1.93. The molecule has 0 fully saturated rings. The fourth-order valence-electron chi connectivity index (χ4n) is 0.736. The van der Waals surface area contributed by atoms with Crippen LogP contribution in [0.5, 0.6) is 0 Å². The van der Waals surface area contributed by atoms with E-state index in [4.69, 9.17) is 0 Å². The first-order valence-corrected chi connectivity index (χ1v) is 3.02. The number of hydrogen-bond donors (Lipinski definition) is 0. The Bertz CT molecular complexity index is 186. The molecule has 10 heavy (non-hydrogen) atoms. The van der Waals surface area contributed by atoms with E-state index in [-0.39, 0.29) is 6.32 Å². The van der Waals surface area contributed by atoms with Crippen molar-refractivity contribution < 1.29 is 8.63 Å². The molecule has 3 heteroatoms. The molecule has 1 radical (unpaired) electrons. The molecular formula is C7H6BF2. The van der Waals surface area contributed by atoms with Crippen LogP contribution in [0.15, 0.2) is 24.3 Å². The second kappa shape index (κ2) is 3.35. The van der Waals surface area contributed by atoms with Crippen molar-refractivity contribution >= 4 is 7.27 Å². The molecule has 0 aliphatic heterocycles. The molecule has 0 spiro atoms. The van der Waals surface area contributed by atoms with Gasteiger partial charge in [-0.05, 0) is 11.6 Å². The quantitative estimate of drug-likeness (QED) is 0.549. The van der Waals surface area contributed by atoms with Crippen LogP contribution in [0.4, 0.5) is 8.63 Å². The summed E-state index contributed by atoms with van der Waals surface area (Å²) in [7, 11) is -2.25. The van der Waals surface area contributed by atoms with Crippen molar-refractivity contribution in [1.29, 1.82) is 0 Å². The van der Waals surface area contributed by atoms with Crippen LogP contribution in [0.25, 0.3) is 0 Å². The summed E-state index contributed by atoms with van der Waals surface area (Å²) in [5.74, 6) is 0. The molecule has 0 N–H and O–H groups in total. The van der Waals surface area contributed by atoms with E-state index in [1.807, 2.05) is 0 Å². The fraction of sp³-hybridized carbons (Fsp3) is 0.143. The van der Waals surface area contributed by atoms with Gasteiger partial charge in [-0.1, -0.05) is 24.3 Å². The van der Waals surface area contributed by atoms with Gasteiger partial charge in [-0.15, -0.1) is 0 Å². The molecule has 0 aromatic heterocycles. The molecule has 0 aliphatic carbocycles. The third-order valence-electron chi connectivity index (χ3n) is 1.18. The Balaban J connectivity index is 2.59. The molecule has 51 valence electrons. The Morgan fingerprint density at radius 1 is 1.30 bits per heavy atom. The molecule has 0 bridgehead atoms. The summed E-state index contributed by atoms with van der Waals surface area (Å²) in [5.41, 5.74) is 0.661. The molecule has 0 saturated carbocycles. The average Bonchev–Trinajstić information content (AvgIpc) is 1.88. The molecule has 0 saturated heterocycles. The highest BCUT2D eigenvalue weighted by Gasteiger charge is 2.11. The Morgan fingerprint density at radius 2 is 1.90 bits per heavy atom. The molecule has 0 aliphatic rings. The zero-order valence-corrected chi connectivity index (χ0v) is 5.35. The van der Waals surface area contributed by atoms with Gasteiger partial charge < -0.3 is 0 Å². The molecule has 0 atom stereocenters. The van der Waals surface area contributed by atoms with Gasteiger partial charge in [0.2, 0.25) is 0 Å². The second-order valence-electron chi connectivity index (χ2n) is 2.00. The van der Waals surface area contributed by atoms with E-state index in [1.165, 1.54) is 0 Å². The first kappa shape index (κ1) is 7.25. The molecule has 0 unspecified atom stereocenters. The normalized spacial score (nSPS) is 9.40. The Hall–Kier alpha value is -0.855. The Kier molecular flexibility index (Phi) is 2.43. The van der Waals surface area contributed by atoms with Gasteiger partial charge in [0.05, 0.1) is 0 Å². The zero-order valence-electron chi connectivity index (χ0n) is 5.35. The van der Waals surface area contributed by atoms with Crippen molar-refractivity contribution in [3.8, 4) is 0 Å². The number of hydrogen-bond acceptors (Lipinski definition) is 0. The predicted octanol–water partition coefficient (Wildman–Crippen LogP) is 2.00. The SMILES string of the molecule is FB(F)Cc1cc[c]cc1. The van der Waals surface area contributed by atoms with Crippen molar-refractivity contribution in [3.05, 3.63) is 35.9 Å². The summed E-state index contributed by atoms with van der Waals surface area (Å²) in [6.45, 7) is 0. The molecule has 1 rings (SSSR count). The minimum absolute atomic E-state index is 0.158. The fourth-order valence-corrected chi connectivity index (χ4v) is 0.736. The van der Waals surface area contributed by atoms with Crippen molar-refractivity contribution in [1.82, 2.24) is 0 Å². The smallest absolute Gasteiger partial charge is 0.287 e. The van der Waals surface area contributed by atoms with Crippen molar-refractivity contribution in [3.63, 3.8) is 0 Å². The van der Waals surface area contributed by atoms with Crippen molar-refractivity contribution in [2.45, 2.75) is 6.32 Å². The Morgan fingerprint density at radius 3 is 2.40 bits per heavy atom. The first-order chi connectivity index (χ1) is 4.79. The third kappa shape index (κ3) is 2.17. The van der Waals surface area contributed by atoms with Crippen LogP contribution >= 0.6 is 0 Å². The van der Waals surface area contributed by atoms with Crippen LogP contribution in [0.1, 0.15) is 5.56 Å². The minimum atomic E-state index is -2.25. The summed E-state index contributed by atoms with van der Waals surface area (Å²) < 4.78 is 23.4. The molecule has 0 amide bonds.